The van der Waals surface area contributed by atoms with Crippen molar-refractivity contribution in [2.24, 2.45) is 0 Å². The van der Waals surface area contributed by atoms with Crippen molar-refractivity contribution in [2.45, 2.75) is 51.6 Å². The quantitative estimate of drug-likeness (QED) is 0.853. The second-order valence-corrected chi connectivity index (χ2v) is 6.11. The first-order valence-corrected chi connectivity index (χ1v) is 7.39. The lowest BCUT2D eigenvalue weighted by molar-refractivity contribution is -0.142. The minimum absolute atomic E-state index is 0.203. The predicted octanol–water partition coefficient (Wildman–Crippen LogP) is 2.84. The van der Waals surface area contributed by atoms with Gasteiger partial charge in [0.25, 0.3) is 0 Å². The van der Waals surface area contributed by atoms with Crippen molar-refractivity contribution >= 4 is 17.3 Å². The summed E-state index contributed by atoms with van der Waals surface area (Å²) in [5, 5.41) is 3.29. The van der Waals surface area contributed by atoms with Crippen molar-refractivity contribution in [1.82, 2.24) is 5.32 Å². The molecule has 1 unspecified atom stereocenters. The fraction of sp³-hybridized carbons (Fsp3) is 0.643. The van der Waals surface area contributed by atoms with Crippen LogP contribution in [0.15, 0.2) is 6.07 Å². The first kappa shape index (κ1) is 13.6. The van der Waals surface area contributed by atoms with Gasteiger partial charge in [0.2, 0.25) is 0 Å². The van der Waals surface area contributed by atoms with E-state index >= 15 is 0 Å². The zero-order valence-corrected chi connectivity index (χ0v) is 12.1. The molecule has 0 fully saturated rings. The highest BCUT2D eigenvalue weighted by Gasteiger charge is 2.20. The Bertz CT molecular complexity index is 404. The van der Waals surface area contributed by atoms with Gasteiger partial charge in [0.05, 0.1) is 7.11 Å². The van der Waals surface area contributed by atoms with Crippen LogP contribution >= 0.6 is 11.3 Å². The van der Waals surface area contributed by atoms with E-state index in [1.165, 1.54) is 48.1 Å². The standard InChI is InChI=1S/C14H21NO2S/c1-9(15-10(2)14(16)17-3)13-8-11-6-4-5-7-12(11)18-13/h8-10,15H,4-7H2,1-3H3/t9?,10-/m0/s1. The van der Waals surface area contributed by atoms with Crippen molar-refractivity contribution in [3.05, 3.63) is 21.4 Å². The van der Waals surface area contributed by atoms with Crippen LogP contribution in [0.25, 0.3) is 0 Å². The topological polar surface area (TPSA) is 38.3 Å². The van der Waals surface area contributed by atoms with E-state index in [0.29, 0.717) is 0 Å². The minimum atomic E-state index is -0.260. The molecule has 1 aliphatic carbocycles. The van der Waals surface area contributed by atoms with Crippen molar-refractivity contribution in [1.29, 1.82) is 0 Å². The van der Waals surface area contributed by atoms with Crippen LogP contribution in [0.2, 0.25) is 0 Å². The number of hydrogen-bond donors (Lipinski definition) is 1. The molecule has 1 heterocycles. The van der Waals surface area contributed by atoms with E-state index < -0.39 is 0 Å². The Labute approximate surface area is 113 Å². The van der Waals surface area contributed by atoms with E-state index in [1.54, 1.807) is 0 Å². The monoisotopic (exact) mass is 267 g/mol. The van der Waals surface area contributed by atoms with Gasteiger partial charge in [-0.25, -0.2) is 0 Å². The summed E-state index contributed by atoms with van der Waals surface area (Å²) in [4.78, 5) is 14.3. The Morgan fingerprint density at radius 1 is 1.39 bits per heavy atom. The normalized spacial score (nSPS) is 17.9. The Morgan fingerprint density at radius 2 is 2.11 bits per heavy atom. The van der Waals surface area contributed by atoms with Crippen LogP contribution in [0, 0.1) is 0 Å². The second-order valence-electron chi connectivity index (χ2n) is 4.94. The van der Waals surface area contributed by atoms with Crippen molar-refractivity contribution < 1.29 is 9.53 Å². The Balaban J connectivity index is 2.02. The average molecular weight is 267 g/mol. The van der Waals surface area contributed by atoms with E-state index in [1.807, 2.05) is 18.3 Å². The highest BCUT2D eigenvalue weighted by atomic mass is 32.1. The van der Waals surface area contributed by atoms with Crippen LogP contribution in [-0.2, 0) is 22.4 Å². The summed E-state index contributed by atoms with van der Waals surface area (Å²) in [7, 11) is 1.43. The van der Waals surface area contributed by atoms with Crippen LogP contribution in [-0.4, -0.2) is 19.1 Å². The third-order valence-corrected chi connectivity index (χ3v) is 4.92. The zero-order valence-electron chi connectivity index (χ0n) is 11.3. The summed E-state index contributed by atoms with van der Waals surface area (Å²) in [6.45, 7) is 3.95. The first-order chi connectivity index (χ1) is 8.61. The summed E-state index contributed by atoms with van der Waals surface area (Å²) in [6.07, 6.45) is 5.06. The molecule has 0 saturated heterocycles. The van der Waals surface area contributed by atoms with Gasteiger partial charge in [-0.1, -0.05) is 0 Å². The molecule has 2 atom stereocenters. The molecule has 0 amide bonds. The van der Waals surface area contributed by atoms with E-state index in [2.05, 4.69) is 18.3 Å². The summed E-state index contributed by atoms with van der Waals surface area (Å²) in [5.74, 6) is -0.205. The summed E-state index contributed by atoms with van der Waals surface area (Å²) in [6, 6.07) is 2.25. The molecule has 4 heteroatoms. The summed E-state index contributed by atoms with van der Waals surface area (Å²) in [5.41, 5.74) is 1.51. The molecule has 0 radical (unpaired) electrons. The number of carbonyl (C=O) groups excluding carboxylic acids is 1. The molecule has 100 valence electrons. The van der Waals surface area contributed by atoms with Gasteiger partial charge in [-0.05, 0) is 51.2 Å². The molecule has 0 bridgehead atoms. The Hall–Kier alpha value is -0.870. The van der Waals surface area contributed by atoms with E-state index in [-0.39, 0.29) is 18.1 Å². The van der Waals surface area contributed by atoms with Crippen LogP contribution in [0.1, 0.15) is 48.0 Å². The molecule has 0 saturated carbocycles. The fourth-order valence-corrected chi connectivity index (χ4v) is 3.70. The molecule has 1 aromatic heterocycles. The molecular weight excluding hydrogens is 246 g/mol. The zero-order chi connectivity index (χ0) is 13.1. The molecule has 1 aliphatic rings. The molecule has 0 aliphatic heterocycles. The number of rotatable bonds is 4. The lowest BCUT2D eigenvalue weighted by Gasteiger charge is -2.16. The number of thiophene rings is 1. The van der Waals surface area contributed by atoms with Crippen molar-refractivity contribution in [3.63, 3.8) is 0 Å². The van der Waals surface area contributed by atoms with E-state index in [0.717, 1.165) is 0 Å². The molecule has 2 rings (SSSR count). The molecule has 18 heavy (non-hydrogen) atoms. The smallest absolute Gasteiger partial charge is 0.322 e. The minimum Gasteiger partial charge on any atom is -0.468 e. The molecule has 0 aromatic carbocycles. The largest absolute Gasteiger partial charge is 0.468 e. The fourth-order valence-electron chi connectivity index (χ4n) is 2.43. The van der Waals surface area contributed by atoms with Gasteiger partial charge in [0, 0.05) is 15.8 Å². The molecule has 0 spiro atoms. The number of nitrogens with one attached hydrogen (secondary N) is 1. The Morgan fingerprint density at radius 3 is 2.78 bits per heavy atom. The molecular formula is C14H21NO2S. The lowest BCUT2D eigenvalue weighted by Crippen LogP contribution is -2.36. The van der Waals surface area contributed by atoms with Crippen LogP contribution in [0.5, 0.6) is 0 Å². The Kier molecular flexibility index (Phi) is 4.40. The van der Waals surface area contributed by atoms with Gasteiger partial charge >= 0.3 is 5.97 Å². The number of esters is 1. The summed E-state index contributed by atoms with van der Waals surface area (Å²) < 4.78 is 4.73. The van der Waals surface area contributed by atoms with Gasteiger partial charge in [-0.2, -0.15) is 0 Å². The third-order valence-electron chi connectivity index (χ3n) is 3.50. The van der Waals surface area contributed by atoms with Crippen LogP contribution < -0.4 is 5.32 Å². The maximum Gasteiger partial charge on any atom is 0.322 e. The SMILES string of the molecule is COC(=O)[C@H](C)NC(C)c1cc2c(s1)CCCC2. The number of fused-ring (bicyclic) bond motifs is 1. The van der Waals surface area contributed by atoms with E-state index in [4.69, 9.17) is 4.74 Å². The van der Waals surface area contributed by atoms with E-state index in [9.17, 15) is 4.79 Å². The molecule has 1 N–H and O–H groups in total. The number of hydrogen-bond acceptors (Lipinski definition) is 4. The third kappa shape index (κ3) is 2.93. The van der Waals surface area contributed by atoms with Crippen molar-refractivity contribution in [3.8, 4) is 0 Å². The number of ether oxygens (including phenoxy) is 1. The number of carbonyl (C=O) groups is 1. The molecule has 1 aromatic rings. The number of aryl methyl sites for hydroxylation is 2. The van der Waals surface area contributed by atoms with Crippen LogP contribution in [0.3, 0.4) is 0 Å². The first-order valence-electron chi connectivity index (χ1n) is 6.57. The van der Waals surface area contributed by atoms with Crippen molar-refractivity contribution in [2.75, 3.05) is 7.11 Å². The highest BCUT2D eigenvalue weighted by molar-refractivity contribution is 7.12. The maximum atomic E-state index is 11.4. The van der Waals surface area contributed by atoms with Gasteiger partial charge < -0.3 is 4.74 Å². The predicted molar refractivity (Wildman–Crippen MR) is 74.0 cm³/mol. The highest BCUT2D eigenvalue weighted by Crippen LogP contribution is 2.32. The van der Waals surface area contributed by atoms with Crippen LogP contribution in [0.4, 0.5) is 0 Å². The van der Waals surface area contributed by atoms with Gasteiger partial charge in [-0.15, -0.1) is 11.3 Å². The average Bonchev–Trinajstić information content (AvgIpc) is 2.81. The number of methoxy groups -OCH3 is 1. The van der Waals surface area contributed by atoms with Gasteiger partial charge in [0.15, 0.2) is 0 Å². The van der Waals surface area contributed by atoms with Gasteiger partial charge in [0.1, 0.15) is 6.04 Å². The second kappa shape index (κ2) is 5.85. The molecule has 3 nitrogen and oxygen atoms in total. The van der Waals surface area contributed by atoms with Gasteiger partial charge in [-0.3, -0.25) is 10.1 Å². The lowest BCUT2D eigenvalue weighted by atomic mass is 9.99. The maximum absolute atomic E-state index is 11.4. The summed E-state index contributed by atoms with van der Waals surface area (Å²) >= 11 is 1.89.